The normalized spacial score (nSPS) is 14.0. The molecule has 1 nitrogen and oxygen atoms in total. The molecule has 122 valence electrons. The highest BCUT2D eigenvalue weighted by Crippen LogP contribution is 2.22. The molecule has 0 fully saturated rings. The Labute approximate surface area is 140 Å². The molecule has 0 aromatic heterocycles. The lowest BCUT2D eigenvalue weighted by molar-refractivity contribution is 0.0790. The second-order valence-corrected chi connectivity index (χ2v) is 6.30. The molecule has 0 heterocycles. The minimum absolute atomic E-state index is 0.690. The summed E-state index contributed by atoms with van der Waals surface area (Å²) in [5.41, 5.74) is 1.81. The van der Waals surface area contributed by atoms with Gasteiger partial charge < -0.3 is 5.11 Å². The summed E-state index contributed by atoms with van der Waals surface area (Å²) >= 11 is 0. The highest BCUT2D eigenvalue weighted by Gasteiger charge is 2.22. The van der Waals surface area contributed by atoms with Crippen LogP contribution in [0.3, 0.4) is 0 Å². The minimum Gasteiger partial charge on any atom is -0.385 e. The smallest absolute Gasteiger partial charge is 0.0867 e. The summed E-state index contributed by atoms with van der Waals surface area (Å²) in [5, 5.41) is 11.0. The number of aliphatic hydroxyl groups is 1. The highest BCUT2D eigenvalue weighted by atomic mass is 16.3. The number of aryl methyl sites for hydroxylation is 1. The summed E-state index contributed by atoms with van der Waals surface area (Å²) in [5.74, 6) is 0. The van der Waals surface area contributed by atoms with E-state index in [9.17, 15) is 5.11 Å². The van der Waals surface area contributed by atoms with E-state index in [0.717, 1.165) is 32.1 Å². The van der Waals surface area contributed by atoms with Gasteiger partial charge in [-0.2, -0.15) is 0 Å². The standard InChI is InChI=1S/C22H28O/c1-2-3-17-22(23,19-21-15-8-5-9-16-21)18-11-10-14-20-12-6-4-7-13-20/h4-9,11-13,15-16,18,23H,2-3,10,14,17,19H2,1H3/b18-11+. The van der Waals surface area contributed by atoms with Crippen molar-refractivity contribution in [3.05, 3.63) is 83.9 Å². The third kappa shape index (κ3) is 6.42. The maximum atomic E-state index is 11.0. The van der Waals surface area contributed by atoms with Gasteiger partial charge in [0.1, 0.15) is 0 Å². The molecule has 1 unspecified atom stereocenters. The molecule has 1 N–H and O–H groups in total. The van der Waals surface area contributed by atoms with Gasteiger partial charge in [0.25, 0.3) is 0 Å². The van der Waals surface area contributed by atoms with Crippen LogP contribution in [0.2, 0.25) is 0 Å². The van der Waals surface area contributed by atoms with Gasteiger partial charge in [-0.25, -0.2) is 0 Å². The van der Waals surface area contributed by atoms with Crippen molar-refractivity contribution in [3.8, 4) is 0 Å². The summed E-state index contributed by atoms with van der Waals surface area (Å²) < 4.78 is 0. The lowest BCUT2D eigenvalue weighted by Gasteiger charge is -2.25. The van der Waals surface area contributed by atoms with Crippen LogP contribution in [0.5, 0.6) is 0 Å². The molecule has 0 saturated carbocycles. The SMILES string of the molecule is CCCCC(O)(/C=C/CCc1ccccc1)Cc1ccccc1. The van der Waals surface area contributed by atoms with Crippen molar-refractivity contribution in [1.29, 1.82) is 0 Å². The average molecular weight is 308 g/mol. The van der Waals surface area contributed by atoms with E-state index in [0.29, 0.717) is 6.42 Å². The van der Waals surface area contributed by atoms with Crippen molar-refractivity contribution < 1.29 is 5.11 Å². The van der Waals surface area contributed by atoms with Gasteiger partial charge >= 0.3 is 0 Å². The summed E-state index contributed by atoms with van der Waals surface area (Å²) in [7, 11) is 0. The maximum Gasteiger partial charge on any atom is 0.0867 e. The summed E-state index contributed by atoms with van der Waals surface area (Å²) in [4.78, 5) is 0. The Bertz CT molecular complexity index is 573. The Balaban J connectivity index is 1.95. The molecular formula is C22H28O. The summed E-state index contributed by atoms with van der Waals surface area (Å²) in [6, 6.07) is 20.8. The Morgan fingerprint density at radius 3 is 2.13 bits per heavy atom. The predicted octanol–water partition coefficient (Wildman–Crippen LogP) is 5.34. The van der Waals surface area contributed by atoms with Crippen molar-refractivity contribution in [2.45, 2.75) is 51.0 Å². The first-order chi connectivity index (χ1) is 11.2. The first kappa shape index (κ1) is 17.5. The van der Waals surface area contributed by atoms with E-state index < -0.39 is 5.60 Å². The number of hydrogen-bond donors (Lipinski definition) is 1. The molecule has 0 bridgehead atoms. The first-order valence-electron chi connectivity index (χ1n) is 8.70. The molecule has 0 saturated heterocycles. The Hall–Kier alpha value is -1.86. The molecule has 0 aliphatic carbocycles. The first-order valence-corrected chi connectivity index (χ1v) is 8.70. The van der Waals surface area contributed by atoms with Crippen LogP contribution in [0, 0.1) is 0 Å². The predicted molar refractivity (Wildman–Crippen MR) is 98.5 cm³/mol. The maximum absolute atomic E-state index is 11.0. The van der Waals surface area contributed by atoms with Gasteiger partial charge in [0, 0.05) is 6.42 Å². The van der Waals surface area contributed by atoms with Crippen molar-refractivity contribution in [1.82, 2.24) is 0 Å². The van der Waals surface area contributed by atoms with Gasteiger partial charge in [0.15, 0.2) is 0 Å². The van der Waals surface area contributed by atoms with E-state index in [4.69, 9.17) is 0 Å². The third-order valence-corrected chi connectivity index (χ3v) is 4.19. The topological polar surface area (TPSA) is 20.2 Å². The van der Waals surface area contributed by atoms with Crippen LogP contribution in [-0.4, -0.2) is 10.7 Å². The van der Waals surface area contributed by atoms with Crippen LogP contribution >= 0.6 is 0 Å². The second kappa shape index (κ2) is 9.32. The lowest BCUT2D eigenvalue weighted by Crippen LogP contribution is -2.28. The Morgan fingerprint density at radius 2 is 1.52 bits per heavy atom. The molecule has 0 aliphatic rings. The molecule has 0 spiro atoms. The third-order valence-electron chi connectivity index (χ3n) is 4.19. The van der Waals surface area contributed by atoms with E-state index in [1.807, 2.05) is 30.3 Å². The fourth-order valence-corrected chi connectivity index (χ4v) is 2.86. The average Bonchev–Trinajstić information content (AvgIpc) is 2.59. The molecule has 0 amide bonds. The van der Waals surface area contributed by atoms with Crippen LogP contribution in [0.25, 0.3) is 0 Å². The van der Waals surface area contributed by atoms with Gasteiger partial charge in [-0.15, -0.1) is 0 Å². The fraction of sp³-hybridized carbons (Fsp3) is 0.364. The van der Waals surface area contributed by atoms with Gasteiger partial charge in [-0.3, -0.25) is 0 Å². The van der Waals surface area contributed by atoms with E-state index >= 15 is 0 Å². The van der Waals surface area contributed by atoms with E-state index in [2.05, 4.69) is 49.4 Å². The summed E-state index contributed by atoms with van der Waals surface area (Å²) in [6.45, 7) is 2.17. The van der Waals surface area contributed by atoms with Crippen LogP contribution in [-0.2, 0) is 12.8 Å². The number of allylic oxidation sites excluding steroid dienone is 1. The molecule has 0 aliphatic heterocycles. The molecule has 23 heavy (non-hydrogen) atoms. The molecule has 1 heteroatoms. The van der Waals surface area contributed by atoms with Crippen LogP contribution < -0.4 is 0 Å². The van der Waals surface area contributed by atoms with E-state index in [1.165, 1.54) is 11.1 Å². The van der Waals surface area contributed by atoms with Crippen molar-refractivity contribution >= 4 is 0 Å². The Kier molecular flexibility index (Phi) is 7.09. The van der Waals surface area contributed by atoms with Gasteiger partial charge in [-0.05, 0) is 30.4 Å². The zero-order valence-corrected chi connectivity index (χ0v) is 14.1. The number of benzene rings is 2. The van der Waals surface area contributed by atoms with E-state index in [1.54, 1.807) is 0 Å². The monoisotopic (exact) mass is 308 g/mol. The molecule has 2 aromatic carbocycles. The van der Waals surface area contributed by atoms with E-state index in [-0.39, 0.29) is 0 Å². The van der Waals surface area contributed by atoms with Crippen LogP contribution in [0.15, 0.2) is 72.8 Å². The number of unbranched alkanes of at least 4 members (excludes halogenated alkanes) is 1. The van der Waals surface area contributed by atoms with Crippen LogP contribution in [0.4, 0.5) is 0 Å². The summed E-state index contributed by atoms with van der Waals surface area (Å²) in [6.07, 6.45) is 9.82. The van der Waals surface area contributed by atoms with Crippen molar-refractivity contribution in [2.24, 2.45) is 0 Å². The zero-order chi connectivity index (χ0) is 16.4. The van der Waals surface area contributed by atoms with Crippen molar-refractivity contribution in [2.75, 3.05) is 0 Å². The zero-order valence-electron chi connectivity index (χ0n) is 14.1. The molecule has 2 aromatic rings. The minimum atomic E-state index is -0.728. The highest BCUT2D eigenvalue weighted by molar-refractivity contribution is 5.20. The van der Waals surface area contributed by atoms with Gasteiger partial charge in [0.2, 0.25) is 0 Å². The molecule has 2 rings (SSSR count). The largest absolute Gasteiger partial charge is 0.385 e. The fourth-order valence-electron chi connectivity index (χ4n) is 2.86. The van der Waals surface area contributed by atoms with Crippen LogP contribution in [0.1, 0.15) is 43.7 Å². The number of rotatable bonds is 9. The van der Waals surface area contributed by atoms with Gasteiger partial charge in [-0.1, -0.05) is 92.6 Å². The Morgan fingerprint density at radius 1 is 0.913 bits per heavy atom. The van der Waals surface area contributed by atoms with Crippen molar-refractivity contribution in [3.63, 3.8) is 0 Å². The lowest BCUT2D eigenvalue weighted by atomic mass is 9.88. The molecule has 0 radical (unpaired) electrons. The number of hydrogen-bond acceptors (Lipinski definition) is 1. The molecular weight excluding hydrogens is 280 g/mol. The quantitative estimate of drug-likeness (QED) is 0.620. The van der Waals surface area contributed by atoms with Gasteiger partial charge in [0.05, 0.1) is 5.60 Å². The molecule has 1 atom stereocenters. The second-order valence-electron chi connectivity index (χ2n) is 6.30.